The zero-order chi connectivity index (χ0) is 18.1. The van der Waals surface area contributed by atoms with E-state index in [1.54, 1.807) is 5.01 Å². The van der Waals surface area contributed by atoms with E-state index in [0.717, 1.165) is 16.6 Å². The maximum atomic E-state index is 12.7. The van der Waals surface area contributed by atoms with Crippen LogP contribution in [0.25, 0.3) is 10.9 Å². The van der Waals surface area contributed by atoms with Gasteiger partial charge < -0.3 is 5.32 Å². The predicted octanol–water partition coefficient (Wildman–Crippen LogP) is 2.73. The van der Waals surface area contributed by atoms with Gasteiger partial charge in [0.25, 0.3) is 5.91 Å². The van der Waals surface area contributed by atoms with Gasteiger partial charge in [0, 0.05) is 11.8 Å². The lowest BCUT2D eigenvalue weighted by molar-refractivity contribution is -0.118. The lowest BCUT2D eigenvalue weighted by atomic mass is 10.1. The van der Waals surface area contributed by atoms with E-state index in [9.17, 15) is 9.59 Å². The van der Waals surface area contributed by atoms with Crippen molar-refractivity contribution in [3.8, 4) is 0 Å². The molecule has 0 saturated carbocycles. The fourth-order valence-corrected chi connectivity index (χ4v) is 3.02. The van der Waals surface area contributed by atoms with Gasteiger partial charge in [-0.3, -0.25) is 19.7 Å². The van der Waals surface area contributed by atoms with Crippen LogP contribution < -0.4 is 10.3 Å². The number of carbonyl (C=O) groups is 2. The molecule has 1 atom stereocenters. The van der Waals surface area contributed by atoms with E-state index in [2.05, 4.69) is 20.6 Å². The molecule has 3 aromatic rings. The summed E-state index contributed by atoms with van der Waals surface area (Å²) < 4.78 is 0. The molecular weight excluding hydrogens is 330 g/mol. The van der Waals surface area contributed by atoms with Crippen LogP contribution in [-0.4, -0.2) is 33.6 Å². The summed E-state index contributed by atoms with van der Waals surface area (Å²) in [6, 6.07) is 16.4. The molecular formula is C19H17N5O2. The van der Waals surface area contributed by atoms with Crippen LogP contribution in [0.5, 0.6) is 0 Å². The predicted molar refractivity (Wildman–Crippen MR) is 100 cm³/mol. The van der Waals surface area contributed by atoms with Crippen molar-refractivity contribution in [1.29, 1.82) is 0 Å². The average Bonchev–Trinajstić information content (AvgIpc) is 3.28. The zero-order valence-electron chi connectivity index (χ0n) is 14.1. The lowest BCUT2D eigenvalue weighted by Gasteiger charge is -2.20. The fourth-order valence-electron chi connectivity index (χ4n) is 3.02. The van der Waals surface area contributed by atoms with E-state index in [1.807, 2.05) is 54.6 Å². The maximum Gasteiger partial charge on any atom is 0.273 e. The molecule has 4 rings (SSSR count). The van der Waals surface area contributed by atoms with E-state index < -0.39 is 6.04 Å². The molecule has 0 aliphatic carbocycles. The molecule has 1 unspecified atom stereocenters. The molecule has 0 radical (unpaired) electrons. The SMILES string of the molecule is CC(=O)C1CC(C(=O)Nc2n[nH]c3ccccc23)=NN1c1ccccc1. The quantitative estimate of drug-likeness (QED) is 0.759. The molecule has 1 aliphatic heterocycles. The molecule has 0 saturated heterocycles. The Morgan fingerprint density at radius 1 is 1.12 bits per heavy atom. The summed E-state index contributed by atoms with van der Waals surface area (Å²) in [5, 5.41) is 16.6. The molecule has 2 aromatic carbocycles. The number of aromatic amines is 1. The molecule has 7 heteroatoms. The van der Waals surface area contributed by atoms with Crippen molar-refractivity contribution in [2.45, 2.75) is 19.4 Å². The summed E-state index contributed by atoms with van der Waals surface area (Å²) in [4.78, 5) is 24.7. The minimum atomic E-state index is -0.478. The molecule has 7 nitrogen and oxygen atoms in total. The number of carbonyl (C=O) groups excluding carboxylic acids is 2. The highest BCUT2D eigenvalue weighted by molar-refractivity contribution is 6.44. The fraction of sp³-hybridized carbons (Fsp3) is 0.158. The number of ketones is 1. The van der Waals surface area contributed by atoms with Crippen LogP contribution in [0.3, 0.4) is 0 Å². The topological polar surface area (TPSA) is 90.4 Å². The number of hydrogen-bond donors (Lipinski definition) is 2. The van der Waals surface area contributed by atoms with Gasteiger partial charge in [-0.15, -0.1) is 0 Å². The van der Waals surface area contributed by atoms with Crippen LogP contribution in [0.1, 0.15) is 13.3 Å². The van der Waals surface area contributed by atoms with Gasteiger partial charge in [0.1, 0.15) is 11.8 Å². The van der Waals surface area contributed by atoms with Gasteiger partial charge in [-0.05, 0) is 31.2 Å². The van der Waals surface area contributed by atoms with E-state index in [4.69, 9.17) is 0 Å². The minimum absolute atomic E-state index is 0.0365. The monoisotopic (exact) mass is 347 g/mol. The summed E-state index contributed by atoms with van der Waals surface area (Å²) in [5.41, 5.74) is 1.92. The molecule has 130 valence electrons. The van der Waals surface area contributed by atoms with Gasteiger partial charge in [-0.25, -0.2) is 0 Å². The summed E-state index contributed by atoms with van der Waals surface area (Å²) in [6.07, 6.45) is 0.262. The third-order valence-corrected chi connectivity index (χ3v) is 4.36. The molecule has 2 heterocycles. The Labute approximate surface area is 149 Å². The molecule has 0 fully saturated rings. The number of benzene rings is 2. The van der Waals surface area contributed by atoms with Crippen molar-refractivity contribution in [2.75, 3.05) is 10.3 Å². The highest BCUT2D eigenvalue weighted by Gasteiger charge is 2.34. The van der Waals surface area contributed by atoms with Crippen molar-refractivity contribution in [2.24, 2.45) is 5.10 Å². The molecule has 0 spiro atoms. The number of amides is 1. The van der Waals surface area contributed by atoms with Gasteiger partial charge in [0.2, 0.25) is 0 Å². The van der Waals surface area contributed by atoms with Crippen molar-refractivity contribution in [3.05, 3.63) is 54.6 Å². The summed E-state index contributed by atoms with van der Waals surface area (Å²) in [7, 11) is 0. The number of para-hydroxylation sites is 2. The number of rotatable bonds is 4. The van der Waals surface area contributed by atoms with Gasteiger partial charge >= 0.3 is 0 Å². The van der Waals surface area contributed by atoms with Crippen LogP contribution >= 0.6 is 0 Å². The van der Waals surface area contributed by atoms with Crippen LogP contribution in [-0.2, 0) is 9.59 Å². The second-order valence-corrected chi connectivity index (χ2v) is 6.13. The first-order valence-electron chi connectivity index (χ1n) is 8.30. The maximum absolute atomic E-state index is 12.7. The molecule has 26 heavy (non-hydrogen) atoms. The van der Waals surface area contributed by atoms with Crippen LogP contribution in [0, 0.1) is 0 Å². The van der Waals surface area contributed by atoms with Gasteiger partial charge in [0.05, 0.1) is 11.2 Å². The summed E-state index contributed by atoms with van der Waals surface area (Å²) in [5.74, 6) is 0.0587. The van der Waals surface area contributed by atoms with Crippen molar-refractivity contribution < 1.29 is 9.59 Å². The number of hydrazone groups is 1. The highest BCUT2D eigenvalue weighted by Crippen LogP contribution is 2.26. The Balaban J connectivity index is 1.60. The van der Waals surface area contributed by atoms with Crippen molar-refractivity contribution in [1.82, 2.24) is 10.2 Å². The first-order chi connectivity index (χ1) is 12.6. The number of nitrogens with zero attached hydrogens (tertiary/aromatic N) is 3. The van der Waals surface area contributed by atoms with Gasteiger partial charge in [0.15, 0.2) is 11.6 Å². The Morgan fingerprint density at radius 3 is 2.62 bits per heavy atom. The lowest BCUT2D eigenvalue weighted by Crippen LogP contribution is -2.33. The first kappa shape index (κ1) is 16.0. The second kappa shape index (κ2) is 6.44. The molecule has 2 N–H and O–H groups in total. The Bertz CT molecular complexity index is 1010. The molecule has 1 amide bonds. The normalized spacial score (nSPS) is 16.6. The molecule has 0 bridgehead atoms. The number of Topliss-reactive ketones (excluding diaryl/α,β-unsaturated/α-hetero) is 1. The van der Waals surface area contributed by atoms with E-state index in [1.165, 1.54) is 6.92 Å². The first-order valence-corrected chi connectivity index (χ1v) is 8.30. The summed E-state index contributed by atoms with van der Waals surface area (Å²) in [6.45, 7) is 1.51. The van der Waals surface area contributed by atoms with Crippen LogP contribution in [0.4, 0.5) is 11.5 Å². The number of hydrogen-bond acceptors (Lipinski definition) is 5. The van der Waals surface area contributed by atoms with E-state index in [0.29, 0.717) is 11.5 Å². The number of fused-ring (bicyclic) bond motifs is 1. The second-order valence-electron chi connectivity index (χ2n) is 6.13. The molecule has 1 aliphatic rings. The summed E-state index contributed by atoms with van der Waals surface area (Å²) >= 11 is 0. The Hall–Kier alpha value is -3.48. The van der Waals surface area contributed by atoms with E-state index >= 15 is 0 Å². The largest absolute Gasteiger partial charge is 0.303 e. The third kappa shape index (κ3) is 2.83. The zero-order valence-corrected chi connectivity index (χ0v) is 14.1. The number of nitrogens with one attached hydrogen (secondary N) is 2. The number of H-pyrrole nitrogens is 1. The Kier molecular flexibility index (Phi) is 3.96. The number of aromatic nitrogens is 2. The average molecular weight is 347 g/mol. The minimum Gasteiger partial charge on any atom is -0.303 e. The molecule has 1 aromatic heterocycles. The van der Waals surface area contributed by atoms with Gasteiger partial charge in [-0.1, -0.05) is 30.3 Å². The van der Waals surface area contributed by atoms with E-state index in [-0.39, 0.29) is 18.1 Å². The van der Waals surface area contributed by atoms with Crippen LogP contribution in [0.15, 0.2) is 59.7 Å². The van der Waals surface area contributed by atoms with Gasteiger partial charge in [-0.2, -0.15) is 10.2 Å². The van der Waals surface area contributed by atoms with Crippen molar-refractivity contribution in [3.63, 3.8) is 0 Å². The Morgan fingerprint density at radius 2 is 1.85 bits per heavy atom. The third-order valence-electron chi connectivity index (χ3n) is 4.36. The highest BCUT2D eigenvalue weighted by atomic mass is 16.2. The van der Waals surface area contributed by atoms with Crippen LogP contribution in [0.2, 0.25) is 0 Å². The smallest absolute Gasteiger partial charge is 0.273 e. The van der Waals surface area contributed by atoms with Crippen molar-refractivity contribution >= 4 is 39.8 Å². The standard InChI is InChI=1S/C19H17N5O2/c1-12(25)17-11-16(23-24(17)13-7-3-2-4-8-13)19(26)20-18-14-9-5-6-10-15(14)21-22-18/h2-10,17H,11H2,1H3,(H2,20,21,22,26). The number of anilines is 2.